The van der Waals surface area contributed by atoms with E-state index in [1.54, 1.807) is 4.90 Å². The molecule has 0 saturated carbocycles. The summed E-state index contributed by atoms with van der Waals surface area (Å²) in [5.74, 6) is -0.538. The molecule has 0 bridgehead atoms. The van der Waals surface area contributed by atoms with Crippen LogP contribution in [-0.2, 0) is 4.74 Å². The van der Waals surface area contributed by atoms with E-state index in [0.29, 0.717) is 26.3 Å². The van der Waals surface area contributed by atoms with Gasteiger partial charge in [-0.3, -0.25) is 4.98 Å². The fourth-order valence-corrected chi connectivity index (χ4v) is 1.44. The average Bonchev–Trinajstić information content (AvgIpc) is 2.33. The Bertz CT molecular complexity index is 380. The monoisotopic (exact) mass is 225 g/mol. The zero-order valence-corrected chi connectivity index (χ0v) is 8.65. The van der Waals surface area contributed by atoms with Crippen LogP contribution < -0.4 is 5.32 Å². The number of nitrogens with zero attached hydrogens (tertiary/aromatic N) is 2. The maximum atomic E-state index is 13.2. The van der Waals surface area contributed by atoms with Crippen LogP contribution >= 0.6 is 0 Å². The lowest BCUT2D eigenvalue weighted by molar-refractivity contribution is 0.0564. The van der Waals surface area contributed by atoms with Gasteiger partial charge in [-0.2, -0.15) is 0 Å². The summed E-state index contributed by atoms with van der Waals surface area (Å²) in [6.45, 7) is 2.09. The smallest absolute Gasteiger partial charge is 0.322 e. The van der Waals surface area contributed by atoms with Gasteiger partial charge in [0.25, 0.3) is 0 Å². The minimum atomic E-state index is -0.538. The van der Waals surface area contributed by atoms with Gasteiger partial charge >= 0.3 is 6.03 Å². The summed E-state index contributed by atoms with van der Waals surface area (Å²) in [6.07, 6.45) is 2.49. The van der Waals surface area contributed by atoms with Crippen molar-refractivity contribution in [2.75, 3.05) is 31.6 Å². The highest BCUT2D eigenvalue weighted by Crippen LogP contribution is 2.12. The van der Waals surface area contributed by atoms with E-state index in [-0.39, 0.29) is 11.7 Å². The van der Waals surface area contributed by atoms with Gasteiger partial charge in [-0.1, -0.05) is 0 Å². The summed E-state index contributed by atoms with van der Waals surface area (Å²) in [4.78, 5) is 16.9. The molecule has 0 radical (unpaired) electrons. The van der Waals surface area contributed by atoms with E-state index in [2.05, 4.69) is 10.3 Å². The van der Waals surface area contributed by atoms with Crippen LogP contribution in [0.1, 0.15) is 0 Å². The molecular formula is C10H12FN3O2. The standard InChI is InChI=1S/C10H12FN3O2/c11-8-7-12-2-1-9(8)13-10(15)14-3-5-16-6-4-14/h1-2,7H,3-6H2,(H,12,13,15). The molecule has 0 aliphatic carbocycles. The number of rotatable bonds is 1. The normalized spacial score (nSPS) is 15.9. The zero-order chi connectivity index (χ0) is 11.4. The van der Waals surface area contributed by atoms with Crippen LogP contribution in [0.4, 0.5) is 14.9 Å². The van der Waals surface area contributed by atoms with Gasteiger partial charge in [0.1, 0.15) is 0 Å². The third kappa shape index (κ3) is 2.46. The maximum absolute atomic E-state index is 13.2. The third-order valence-electron chi connectivity index (χ3n) is 2.31. The molecule has 1 aromatic heterocycles. The number of halogens is 1. The molecule has 6 heteroatoms. The molecule has 5 nitrogen and oxygen atoms in total. The Morgan fingerprint density at radius 3 is 2.94 bits per heavy atom. The van der Waals surface area contributed by atoms with E-state index in [0.717, 1.165) is 6.20 Å². The molecule has 1 aliphatic heterocycles. The van der Waals surface area contributed by atoms with Crippen LogP contribution in [-0.4, -0.2) is 42.2 Å². The van der Waals surface area contributed by atoms with E-state index in [1.165, 1.54) is 12.3 Å². The van der Waals surface area contributed by atoms with Gasteiger partial charge in [0, 0.05) is 19.3 Å². The lowest BCUT2D eigenvalue weighted by Crippen LogP contribution is -2.43. The van der Waals surface area contributed by atoms with Gasteiger partial charge in [0.2, 0.25) is 0 Å². The summed E-state index contributed by atoms with van der Waals surface area (Å²) in [5.41, 5.74) is 0.145. The van der Waals surface area contributed by atoms with E-state index < -0.39 is 5.82 Å². The van der Waals surface area contributed by atoms with Crippen LogP contribution in [0.25, 0.3) is 0 Å². The highest BCUT2D eigenvalue weighted by atomic mass is 19.1. The molecular weight excluding hydrogens is 213 g/mol. The number of carbonyl (C=O) groups excluding carboxylic acids is 1. The number of pyridine rings is 1. The first kappa shape index (κ1) is 10.8. The van der Waals surface area contributed by atoms with Crippen LogP contribution in [0.15, 0.2) is 18.5 Å². The second kappa shape index (κ2) is 4.89. The van der Waals surface area contributed by atoms with Gasteiger partial charge in [0.15, 0.2) is 5.82 Å². The van der Waals surface area contributed by atoms with Gasteiger partial charge < -0.3 is 15.0 Å². The number of anilines is 1. The second-order valence-electron chi connectivity index (χ2n) is 3.39. The number of hydrogen-bond acceptors (Lipinski definition) is 3. The fraction of sp³-hybridized carbons (Fsp3) is 0.400. The lowest BCUT2D eigenvalue weighted by atomic mass is 10.4. The first-order valence-corrected chi connectivity index (χ1v) is 5.00. The Morgan fingerprint density at radius 1 is 1.50 bits per heavy atom. The van der Waals surface area contributed by atoms with Crippen molar-refractivity contribution in [3.05, 3.63) is 24.3 Å². The van der Waals surface area contributed by atoms with Crippen LogP contribution in [0.5, 0.6) is 0 Å². The minimum absolute atomic E-state index is 0.145. The van der Waals surface area contributed by atoms with E-state index in [9.17, 15) is 9.18 Å². The Morgan fingerprint density at radius 2 is 2.25 bits per heavy atom. The SMILES string of the molecule is O=C(Nc1ccncc1F)N1CCOCC1. The maximum Gasteiger partial charge on any atom is 0.322 e. The Hall–Kier alpha value is -1.69. The summed E-state index contributed by atoms with van der Waals surface area (Å²) in [7, 11) is 0. The van der Waals surface area contributed by atoms with Crippen LogP contribution in [0.3, 0.4) is 0 Å². The molecule has 1 aromatic rings. The number of nitrogens with one attached hydrogen (secondary N) is 1. The van der Waals surface area contributed by atoms with Crippen molar-refractivity contribution in [2.24, 2.45) is 0 Å². The molecule has 16 heavy (non-hydrogen) atoms. The zero-order valence-electron chi connectivity index (χ0n) is 8.65. The van der Waals surface area contributed by atoms with E-state index in [1.807, 2.05) is 0 Å². The fourth-order valence-electron chi connectivity index (χ4n) is 1.44. The summed E-state index contributed by atoms with van der Waals surface area (Å²) in [5, 5.41) is 2.50. The largest absolute Gasteiger partial charge is 0.378 e. The van der Waals surface area contributed by atoms with E-state index >= 15 is 0 Å². The second-order valence-corrected chi connectivity index (χ2v) is 3.39. The number of aromatic nitrogens is 1. The molecule has 2 rings (SSSR count). The Balaban J connectivity index is 1.99. The van der Waals surface area contributed by atoms with Crippen molar-refractivity contribution in [1.82, 2.24) is 9.88 Å². The van der Waals surface area contributed by atoms with Crippen molar-refractivity contribution in [3.8, 4) is 0 Å². The first-order chi connectivity index (χ1) is 7.77. The van der Waals surface area contributed by atoms with Crippen molar-refractivity contribution >= 4 is 11.7 Å². The lowest BCUT2D eigenvalue weighted by Gasteiger charge is -2.26. The van der Waals surface area contributed by atoms with Crippen LogP contribution in [0, 0.1) is 5.82 Å². The number of morpholine rings is 1. The molecule has 1 N–H and O–H groups in total. The number of carbonyl (C=O) groups is 1. The number of amides is 2. The highest BCUT2D eigenvalue weighted by Gasteiger charge is 2.17. The molecule has 0 atom stereocenters. The molecule has 1 fully saturated rings. The van der Waals surface area contributed by atoms with E-state index in [4.69, 9.17) is 4.74 Å². The highest BCUT2D eigenvalue weighted by molar-refractivity contribution is 5.89. The van der Waals surface area contributed by atoms with Crippen LogP contribution in [0.2, 0.25) is 0 Å². The molecule has 86 valence electrons. The van der Waals surface area contributed by atoms with Crippen molar-refractivity contribution in [3.63, 3.8) is 0 Å². The number of ether oxygens (including phenoxy) is 1. The predicted molar refractivity (Wildman–Crippen MR) is 55.6 cm³/mol. The van der Waals surface area contributed by atoms with Gasteiger partial charge in [-0.25, -0.2) is 9.18 Å². The average molecular weight is 225 g/mol. The Kier molecular flexibility index (Phi) is 3.31. The first-order valence-electron chi connectivity index (χ1n) is 5.00. The van der Waals surface area contributed by atoms with Crippen molar-refractivity contribution < 1.29 is 13.9 Å². The topological polar surface area (TPSA) is 54.5 Å². The third-order valence-corrected chi connectivity index (χ3v) is 2.31. The summed E-state index contributed by atoms with van der Waals surface area (Å²) < 4.78 is 18.3. The number of urea groups is 1. The molecule has 1 saturated heterocycles. The molecule has 0 aromatic carbocycles. The minimum Gasteiger partial charge on any atom is -0.378 e. The predicted octanol–water partition coefficient (Wildman–Crippen LogP) is 1.08. The number of hydrogen-bond donors (Lipinski definition) is 1. The summed E-state index contributed by atoms with van der Waals surface area (Å²) >= 11 is 0. The molecule has 0 unspecified atom stereocenters. The molecule has 2 heterocycles. The van der Waals surface area contributed by atoms with Crippen molar-refractivity contribution in [2.45, 2.75) is 0 Å². The summed E-state index contributed by atoms with van der Waals surface area (Å²) in [6, 6.07) is 1.11. The van der Waals surface area contributed by atoms with Gasteiger partial charge in [-0.15, -0.1) is 0 Å². The molecule has 0 spiro atoms. The van der Waals surface area contributed by atoms with Gasteiger partial charge in [0.05, 0.1) is 25.1 Å². The molecule has 2 amide bonds. The van der Waals surface area contributed by atoms with Crippen molar-refractivity contribution in [1.29, 1.82) is 0 Å². The Labute approximate surface area is 92.2 Å². The molecule has 1 aliphatic rings. The quantitative estimate of drug-likeness (QED) is 0.778. The van der Waals surface area contributed by atoms with Gasteiger partial charge in [-0.05, 0) is 6.07 Å².